The molecule has 0 aromatic carbocycles. The lowest BCUT2D eigenvalue weighted by Crippen LogP contribution is -2.47. The van der Waals surface area contributed by atoms with Crippen molar-refractivity contribution in [3.05, 3.63) is 11.6 Å². The van der Waals surface area contributed by atoms with Gasteiger partial charge in [0.05, 0.1) is 0 Å². The third kappa shape index (κ3) is 1.09. The molecule has 0 nitrogen and oxygen atoms in total. The molecule has 1 fully saturated rings. The molecule has 3 aliphatic rings. The van der Waals surface area contributed by atoms with Crippen LogP contribution in [0.3, 0.4) is 0 Å². The van der Waals surface area contributed by atoms with Crippen molar-refractivity contribution >= 4 is 17.0 Å². The maximum Gasteiger partial charge on any atom is -0.0149 e. The van der Waals surface area contributed by atoms with Gasteiger partial charge in [-0.2, -0.15) is 0 Å². The monoisotopic (exact) mass is 216 g/mol. The predicted octanol–water partition coefficient (Wildman–Crippen LogP) is 3.58. The first-order chi connectivity index (χ1) is 4.62. The van der Waals surface area contributed by atoms with Gasteiger partial charge in [0.15, 0.2) is 0 Å². The Morgan fingerprint density at radius 3 is 2.36 bits per heavy atom. The first-order valence-corrected chi connectivity index (χ1v) is 4.29. The van der Waals surface area contributed by atoms with Crippen molar-refractivity contribution in [1.29, 1.82) is 0 Å². The number of fused-ring (bicyclic) bond motifs is 1. The van der Waals surface area contributed by atoms with Gasteiger partial charge in [-0.15, -0.1) is 17.0 Å². The summed E-state index contributed by atoms with van der Waals surface area (Å²) in [5.74, 6) is 1.92. The summed E-state index contributed by atoms with van der Waals surface area (Å²) in [6.45, 7) is 7.13. The van der Waals surface area contributed by atoms with E-state index >= 15 is 0 Å². The lowest BCUT2D eigenvalue weighted by atomic mass is 9.49. The number of halogens is 1. The van der Waals surface area contributed by atoms with E-state index in [1.807, 2.05) is 0 Å². The second-order valence-corrected chi connectivity index (χ2v) is 4.49. The van der Waals surface area contributed by atoms with Gasteiger partial charge < -0.3 is 0 Å². The molecular formula is C10H17Br. The molecule has 3 rings (SSSR count). The van der Waals surface area contributed by atoms with Crippen molar-refractivity contribution in [2.45, 2.75) is 33.6 Å². The van der Waals surface area contributed by atoms with Gasteiger partial charge in [-0.05, 0) is 37.0 Å². The van der Waals surface area contributed by atoms with Crippen LogP contribution in [0.25, 0.3) is 0 Å². The van der Waals surface area contributed by atoms with Crippen LogP contribution in [-0.2, 0) is 0 Å². The van der Waals surface area contributed by atoms with E-state index in [9.17, 15) is 0 Å². The van der Waals surface area contributed by atoms with Crippen LogP contribution in [-0.4, -0.2) is 0 Å². The summed E-state index contributed by atoms with van der Waals surface area (Å²) in [5.41, 5.74) is 2.28. The average Bonchev–Trinajstić information content (AvgIpc) is 1.87. The Morgan fingerprint density at radius 2 is 2.09 bits per heavy atom. The Hall–Kier alpha value is 0.220. The van der Waals surface area contributed by atoms with E-state index in [1.165, 1.54) is 12.8 Å². The summed E-state index contributed by atoms with van der Waals surface area (Å²) in [6, 6.07) is 0. The van der Waals surface area contributed by atoms with Gasteiger partial charge in [-0.1, -0.05) is 25.5 Å². The third-order valence-electron chi connectivity index (χ3n) is 3.74. The Labute approximate surface area is 79.8 Å². The molecule has 0 N–H and O–H groups in total. The van der Waals surface area contributed by atoms with Crippen LogP contribution < -0.4 is 0 Å². The molecule has 0 radical (unpaired) electrons. The summed E-state index contributed by atoms with van der Waals surface area (Å²) in [4.78, 5) is 0. The van der Waals surface area contributed by atoms with Crippen LogP contribution in [0.15, 0.2) is 11.6 Å². The standard InChI is InChI=1S/C10H16.BrH/c1-7-4-5-8-6-9(7)10(8,2)3;/h4,8-9H,5-6H2,1-3H3;1H. The second kappa shape index (κ2) is 2.62. The van der Waals surface area contributed by atoms with Gasteiger partial charge in [0.2, 0.25) is 0 Å². The molecule has 11 heavy (non-hydrogen) atoms. The van der Waals surface area contributed by atoms with Gasteiger partial charge in [0, 0.05) is 0 Å². The summed E-state index contributed by atoms with van der Waals surface area (Å²) >= 11 is 0. The van der Waals surface area contributed by atoms with Gasteiger partial charge >= 0.3 is 0 Å². The zero-order chi connectivity index (χ0) is 7.35. The number of hydrogen-bond donors (Lipinski definition) is 0. The molecule has 3 aliphatic carbocycles. The molecule has 0 aromatic rings. The van der Waals surface area contributed by atoms with E-state index in [0.717, 1.165) is 11.8 Å². The molecule has 0 heterocycles. The highest BCUT2D eigenvalue weighted by Crippen LogP contribution is 2.58. The van der Waals surface area contributed by atoms with Crippen LogP contribution in [0.4, 0.5) is 0 Å². The molecule has 0 saturated heterocycles. The summed E-state index contributed by atoms with van der Waals surface area (Å²) < 4.78 is 0. The average molecular weight is 217 g/mol. The van der Waals surface area contributed by atoms with Crippen molar-refractivity contribution in [2.24, 2.45) is 17.3 Å². The van der Waals surface area contributed by atoms with Crippen molar-refractivity contribution in [3.8, 4) is 0 Å². The lowest BCUT2D eigenvalue weighted by Gasteiger charge is -2.56. The molecule has 0 spiro atoms. The zero-order valence-corrected chi connectivity index (χ0v) is 9.27. The Bertz CT molecular complexity index is 191. The highest BCUT2D eigenvalue weighted by Gasteiger charge is 2.49. The fourth-order valence-electron chi connectivity index (χ4n) is 2.66. The molecular weight excluding hydrogens is 200 g/mol. The smallest absolute Gasteiger partial charge is 0.0149 e. The summed E-state index contributed by atoms with van der Waals surface area (Å²) in [5, 5.41) is 0. The van der Waals surface area contributed by atoms with Crippen molar-refractivity contribution in [2.75, 3.05) is 0 Å². The van der Waals surface area contributed by atoms with E-state index in [-0.39, 0.29) is 17.0 Å². The largest absolute Gasteiger partial charge is 0.114 e. The maximum absolute atomic E-state index is 2.43. The molecule has 0 amide bonds. The lowest BCUT2D eigenvalue weighted by molar-refractivity contribution is -0.00579. The second-order valence-electron chi connectivity index (χ2n) is 4.49. The summed E-state index contributed by atoms with van der Waals surface area (Å²) in [6.07, 6.45) is 5.24. The minimum Gasteiger partial charge on any atom is -0.114 e. The fourth-order valence-corrected chi connectivity index (χ4v) is 2.66. The topological polar surface area (TPSA) is 0 Å². The summed E-state index contributed by atoms with van der Waals surface area (Å²) in [7, 11) is 0. The molecule has 2 bridgehead atoms. The first-order valence-electron chi connectivity index (χ1n) is 4.29. The Balaban J connectivity index is 0.000000605. The minimum absolute atomic E-state index is 0. The number of allylic oxidation sites excluding steroid dienone is 2. The quantitative estimate of drug-likeness (QED) is 0.544. The predicted molar refractivity (Wildman–Crippen MR) is 54.1 cm³/mol. The van der Waals surface area contributed by atoms with Crippen molar-refractivity contribution < 1.29 is 0 Å². The SMILES string of the molecule is Br.CC1=CCC2CC1C2(C)C. The molecule has 0 aliphatic heterocycles. The van der Waals surface area contributed by atoms with E-state index in [0.29, 0.717) is 5.41 Å². The molecule has 1 heteroatoms. The normalized spacial score (nSPS) is 38.3. The van der Waals surface area contributed by atoms with Gasteiger partial charge in [-0.3, -0.25) is 0 Å². The molecule has 1 saturated carbocycles. The molecule has 2 unspecified atom stereocenters. The van der Waals surface area contributed by atoms with E-state index in [4.69, 9.17) is 0 Å². The van der Waals surface area contributed by atoms with Crippen LogP contribution in [0.2, 0.25) is 0 Å². The van der Waals surface area contributed by atoms with Gasteiger partial charge in [0.25, 0.3) is 0 Å². The van der Waals surface area contributed by atoms with Crippen LogP contribution >= 0.6 is 17.0 Å². The van der Waals surface area contributed by atoms with Gasteiger partial charge in [0.1, 0.15) is 0 Å². The third-order valence-corrected chi connectivity index (χ3v) is 3.74. The van der Waals surface area contributed by atoms with E-state index in [1.54, 1.807) is 5.57 Å². The van der Waals surface area contributed by atoms with Crippen LogP contribution in [0, 0.1) is 17.3 Å². The fraction of sp³-hybridized carbons (Fsp3) is 0.800. The maximum atomic E-state index is 2.43. The highest BCUT2D eigenvalue weighted by atomic mass is 79.9. The first kappa shape index (κ1) is 9.31. The van der Waals surface area contributed by atoms with Crippen LogP contribution in [0.5, 0.6) is 0 Å². The number of hydrogen-bond acceptors (Lipinski definition) is 0. The molecule has 0 aromatic heterocycles. The van der Waals surface area contributed by atoms with Crippen molar-refractivity contribution in [1.82, 2.24) is 0 Å². The Morgan fingerprint density at radius 1 is 1.45 bits per heavy atom. The van der Waals surface area contributed by atoms with Gasteiger partial charge in [-0.25, -0.2) is 0 Å². The molecule has 64 valence electrons. The van der Waals surface area contributed by atoms with Crippen molar-refractivity contribution in [3.63, 3.8) is 0 Å². The number of rotatable bonds is 0. The van der Waals surface area contributed by atoms with E-state index < -0.39 is 0 Å². The Kier molecular flexibility index (Phi) is 2.21. The highest BCUT2D eigenvalue weighted by molar-refractivity contribution is 8.93. The zero-order valence-electron chi connectivity index (χ0n) is 7.55. The van der Waals surface area contributed by atoms with Crippen LogP contribution in [0.1, 0.15) is 33.6 Å². The minimum atomic E-state index is 0. The molecule has 2 atom stereocenters. The van der Waals surface area contributed by atoms with E-state index in [2.05, 4.69) is 26.8 Å².